The van der Waals surface area contributed by atoms with Gasteiger partial charge in [0.25, 0.3) is 11.1 Å². The van der Waals surface area contributed by atoms with Crippen molar-refractivity contribution < 1.29 is 19.4 Å². The number of amides is 1. The Balaban J connectivity index is 2.14. The van der Waals surface area contributed by atoms with Crippen molar-refractivity contribution in [2.75, 3.05) is 13.2 Å². The maximum Gasteiger partial charge on any atom is 0.266 e. The van der Waals surface area contributed by atoms with Gasteiger partial charge in [-0.25, -0.2) is 0 Å². The number of hydrogen-bond donors (Lipinski definition) is 1. The molecule has 0 saturated carbocycles. The molecule has 1 fully saturated rings. The minimum absolute atomic E-state index is 0.129. The maximum atomic E-state index is 12.7. The summed E-state index contributed by atoms with van der Waals surface area (Å²) < 4.78 is 10.8. The summed E-state index contributed by atoms with van der Waals surface area (Å²) in [4.78, 5) is 14.2. The largest absolute Gasteiger partial charge is 0.468 e. The Morgan fingerprint density at radius 2 is 2.26 bits per heavy atom. The smallest absolute Gasteiger partial charge is 0.266 e. The molecule has 1 aliphatic heterocycles. The molecular weight excluding hydrogens is 314 g/mol. The molecule has 0 aromatic heterocycles. The number of nitrogens with zero attached hydrogens (tertiary/aromatic N) is 1. The van der Waals surface area contributed by atoms with Crippen LogP contribution in [0, 0.1) is 0 Å². The Morgan fingerprint density at radius 3 is 2.87 bits per heavy atom. The predicted molar refractivity (Wildman–Crippen MR) is 90.9 cm³/mol. The van der Waals surface area contributed by atoms with Crippen LogP contribution in [0.4, 0.5) is 0 Å². The molecule has 0 spiro atoms. The molecule has 1 aromatic rings. The van der Waals surface area contributed by atoms with Gasteiger partial charge in [0.05, 0.1) is 18.8 Å². The van der Waals surface area contributed by atoms with Crippen LogP contribution in [-0.4, -0.2) is 52.6 Å². The molecule has 0 radical (unpaired) electrons. The average Bonchev–Trinajstić information content (AvgIpc) is 2.88. The third-order valence-corrected chi connectivity index (χ3v) is 3.90. The fraction of sp³-hybridized carbons (Fsp3) is 0.412. The molecule has 1 N–H and O–H groups in total. The summed E-state index contributed by atoms with van der Waals surface area (Å²) >= 11 is 5.15. The zero-order valence-corrected chi connectivity index (χ0v) is 13.9. The van der Waals surface area contributed by atoms with Crippen LogP contribution in [0.3, 0.4) is 0 Å². The van der Waals surface area contributed by atoms with Crippen LogP contribution in [-0.2, 0) is 20.7 Å². The van der Waals surface area contributed by atoms with Gasteiger partial charge in [0, 0.05) is 0 Å². The third-order valence-electron chi connectivity index (χ3n) is 3.59. The van der Waals surface area contributed by atoms with Crippen molar-refractivity contribution in [3.05, 3.63) is 48.6 Å². The lowest BCUT2D eigenvalue weighted by molar-refractivity contribution is -0.146. The molecule has 124 valence electrons. The molecule has 23 heavy (non-hydrogen) atoms. The van der Waals surface area contributed by atoms with Crippen LogP contribution in [0.1, 0.15) is 12.5 Å². The lowest BCUT2D eigenvalue weighted by Crippen LogP contribution is -2.49. The molecule has 6 heteroatoms. The Bertz CT molecular complexity index is 561. The molecule has 1 aromatic carbocycles. The van der Waals surface area contributed by atoms with Crippen molar-refractivity contribution in [3.63, 3.8) is 0 Å². The Labute approximate surface area is 141 Å². The van der Waals surface area contributed by atoms with Crippen molar-refractivity contribution in [1.82, 2.24) is 4.90 Å². The molecule has 0 bridgehead atoms. The number of benzene rings is 1. The van der Waals surface area contributed by atoms with Gasteiger partial charge in [0.2, 0.25) is 0 Å². The summed E-state index contributed by atoms with van der Waals surface area (Å²) in [5.74, 6) is -0.384. The minimum atomic E-state index is -0.995. The summed E-state index contributed by atoms with van der Waals surface area (Å²) in [5, 5.41) is 9.97. The Morgan fingerprint density at radius 1 is 1.57 bits per heavy atom. The standard InChI is InChI=1S/C17H21NO4S/c1-3-9-21-15(12(2)19)16(20)18-14(11-22-17(18)23)10-13-7-5-4-6-8-13/h3-8,12,14-15,19H,1,9-11H2,2H3/t12-,14-,15+/m0/s1. The highest BCUT2D eigenvalue weighted by molar-refractivity contribution is 7.80. The van der Waals surface area contributed by atoms with Crippen molar-refractivity contribution in [2.24, 2.45) is 0 Å². The number of hydrogen-bond acceptors (Lipinski definition) is 5. The fourth-order valence-corrected chi connectivity index (χ4v) is 2.80. The molecular formula is C17H21NO4S. The summed E-state index contributed by atoms with van der Waals surface area (Å²) in [6.45, 7) is 5.58. The molecule has 1 aliphatic rings. The van der Waals surface area contributed by atoms with Crippen molar-refractivity contribution >= 4 is 23.3 Å². The van der Waals surface area contributed by atoms with E-state index in [1.807, 2.05) is 30.3 Å². The maximum absolute atomic E-state index is 12.7. The van der Waals surface area contributed by atoms with Crippen LogP contribution < -0.4 is 0 Å². The first kappa shape index (κ1) is 17.6. The zero-order valence-electron chi connectivity index (χ0n) is 13.1. The van der Waals surface area contributed by atoms with Gasteiger partial charge in [-0.15, -0.1) is 6.58 Å². The van der Waals surface area contributed by atoms with Gasteiger partial charge in [-0.2, -0.15) is 0 Å². The number of aliphatic hydroxyl groups is 1. The van der Waals surface area contributed by atoms with Gasteiger partial charge in [-0.3, -0.25) is 9.69 Å². The number of ether oxygens (including phenoxy) is 2. The van der Waals surface area contributed by atoms with Crippen LogP contribution in [0.15, 0.2) is 43.0 Å². The van der Waals surface area contributed by atoms with Crippen LogP contribution in [0.25, 0.3) is 0 Å². The minimum Gasteiger partial charge on any atom is -0.468 e. The summed E-state index contributed by atoms with van der Waals surface area (Å²) in [6, 6.07) is 9.61. The summed E-state index contributed by atoms with van der Waals surface area (Å²) in [7, 11) is 0. The van der Waals surface area contributed by atoms with E-state index in [0.29, 0.717) is 13.0 Å². The second kappa shape index (κ2) is 8.19. The predicted octanol–water partition coefficient (Wildman–Crippen LogP) is 1.69. The van der Waals surface area contributed by atoms with E-state index in [-0.39, 0.29) is 23.7 Å². The second-order valence-electron chi connectivity index (χ2n) is 5.41. The SMILES string of the molecule is C=CCO[C@@H](C(=O)N1C(=S)OC[C@@H]1Cc1ccccc1)[C@H](C)O. The van der Waals surface area contributed by atoms with Gasteiger partial charge in [-0.05, 0) is 31.1 Å². The van der Waals surface area contributed by atoms with E-state index in [0.717, 1.165) is 5.56 Å². The molecule has 1 saturated heterocycles. The quantitative estimate of drug-likeness (QED) is 0.607. The van der Waals surface area contributed by atoms with Crippen LogP contribution in [0.2, 0.25) is 0 Å². The van der Waals surface area contributed by atoms with Crippen LogP contribution in [0.5, 0.6) is 0 Å². The first-order valence-corrected chi connectivity index (χ1v) is 7.89. The van der Waals surface area contributed by atoms with Crippen molar-refractivity contribution in [1.29, 1.82) is 0 Å². The first-order valence-electron chi connectivity index (χ1n) is 7.49. The Kier molecular flexibility index (Phi) is 6.27. The molecule has 1 heterocycles. The molecule has 2 rings (SSSR count). The average molecular weight is 335 g/mol. The van der Waals surface area contributed by atoms with E-state index in [9.17, 15) is 9.90 Å². The van der Waals surface area contributed by atoms with Gasteiger partial charge >= 0.3 is 0 Å². The number of rotatable bonds is 7. The van der Waals surface area contributed by atoms with E-state index in [2.05, 4.69) is 6.58 Å². The monoisotopic (exact) mass is 335 g/mol. The molecule has 1 amide bonds. The van der Waals surface area contributed by atoms with Gasteiger partial charge < -0.3 is 14.6 Å². The molecule has 3 atom stereocenters. The van der Waals surface area contributed by atoms with E-state index >= 15 is 0 Å². The highest BCUT2D eigenvalue weighted by Gasteiger charge is 2.40. The fourth-order valence-electron chi connectivity index (χ4n) is 2.49. The van der Waals surface area contributed by atoms with E-state index < -0.39 is 12.2 Å². The number of thiocarbonyl (C=S) groups is 1. The summed E-state index contributed by atoms with van der Waals surface area (Å²) in [6.07, 6.45) is 0.207. The second-order valence-corrected chi connectivity index (χ2v) is 5.76. The lowest BCUT2D eigenvalue weighted by Gasteiger charge is -2.27. The highest BCUT2D eigenvalue weighted by atomic mass is 32.1. The lowest BCUT2D eigenvalue weighted by atomic mass is 10.0. The topological polar surface area (TPSA) is 59.0 Å². The molecule has 0 unspecified atom stereocenters. The van der Waals surface area contributed by atoms with Crippen molar-refractivity contribution in [2.45, 2.75) is 31.6 Å². The number of aliphatic hydroxyl groups excluding tert-OH is 1. The highest BCUT2D eigenvalue weighted by Crippen LogP contribution is 2.20. The van der Waals surface area contributed by atoms with E-state index in [1.54, 1.807) is 0 Å². The van der Waals surface area contributed by atoms with Gasteiger partial charge in [0.1, 0.15) is 6.61 Å². The normalized spacial score (nSPS) is 20.0. The first-order chi connectivity index (χ1) is 11.0. The van der Waals surface area contributed by atoms with Gasteiger partial charge in [0.15, 0.2) is 6.10 Å². The Hall–Kier alpha value is -1.76. The van der Waals surface area contributed by atoms with Crippen LogP contribution >= 0.6 is 12.2 Å². The van der Waals surface area contributed by atoms with Gasteiger partial charge in [-0.1, -0.05) is 36.4 Å². The number of carbonyl (C=O) groups excluding carboxylic acids is 1. The molecule has 0 aliphatic carbocycles. The third kappa shape index (κ3) is 4.37. The molecule has 5 nitrogen and oxygen atoms in total. The van der Waals surface area contributed by atoms with Crippen molar-refractivity contribution in [3.8, 4) is 0 Å². The van der Waals surface area contributed by atoms with E-state index in [4.69, 9.17) is 21.7 Å². The van der Waals surface area contributed by atoms with E-state index in [1.165, 1.54) is 17.9 Å². The summed E-state index contributed by atoms with van der Waals surface area (Å²) in [5.41, 5.74) is 1.09. The number of carbonyl (C=O) groups is 1. The zero-order chi connectivity index (χ0) is 16.8.